The Hall–Kier alpha value is -0.130. The molecule has 1 aliphatic rings. The Morgan fingerprint density at radius 2 is 1.94 bits per heavy atom. The highest BCUT2D eigenvalue weighted by atomic mass is 32.2. The Morgan fingerprint density at radius 1 is 1.35 bits per heavy atom. The maximum atomic E-state index is 11.3. The summed E-state index contributed by atoms with van der Waals surface area (Å²) in [5, 5.41) is 3.56. The lowest BCUT2D eigenvalue weighted by Gasteiger charge is -2.31. The van der Waals surface area contributed by atoms with Crippen LogP contribution in [0.2, 0.25) is 0 Å². The first-order valence-electron chi connectivity index (χ1n) is 6.62. The number of nitrogens with zero attached hydrogens (tertiary/aromatic N) is 1. The summed E-state index contributed by atoms with van der Waals surface area (Å²) in [6, 6.07) is 0.493. The number of hydrogen-bond acceptors (Lipinski definition) is 3. The summed E-state index contributed by atoms with van der Waals surface area (Å²) in [5.74, 6) is 0.716. The topological polar surface area (TPSA) is 49.4 Å². The average molecular weight is 262 g/mol. The second-order valence-electron chi connectivity index (χ2n) is 5.24. The van der Waals surface area contributed by atoms with Crippen LogP contribution < -0.4 is 5.32 Å². The van der Waals surface area contributed by atoms with Crippen LogP contribution in [0.5, 0.6) is 0 Å². The van der Waals surface area contributed by atoms with Gasteiger partial charge in [0.1, 0.15) is 0 Å². The molecule has 1 fully saturated rings. The Balaban J connectivity index is 2.24. The molecular formula is C12H26N2O2S. The van der Waals surface area contributed by atoms with Gasteiger partial charge < -0.3 is 5.32 Å². The molecule has 0 amide bonds. The SMILES string of the molecule is CCCC(C)CNC1CCN(S(C)(=O)=O)CC1. The van der Waals surface area contributed by atoms with Gasteiger partial charge in [0.05, 0.1) is 6.26 Å². The van der Waals surface area contributed by atoms with Crippen molar-refractivity contribution in [2.24, 2.45) is 5.92 Å². The number of nitrogens with one attached hydrogen (secondary N) is 1. The zero-order valence-corrected chi connectivity index (χ0v) is 12.1. The molecule has 1 saturated heterocycles. The van der Waals surface area contributed by atoms with Gasteiger partial charge in [-0.2, -0.15) is 0 Å². The van der Waals surface area contributed by atoms with Crippen LogP contribution in [-0.2, 0) is 10.0 Å². The minimum absolute atomic E-state index is 0.493. The molecule has 0 aromatic carbocycles. The van der Waals surface area contributed by atoms with E-state index in [1.165, 1.54) is 19.1 Å². The molecule has 0 saturated carbocycles. The normalized spacial score (nSPS) is 21.6. The molecule has 0 aromatic heterocycles. The highest BCUT2D eigenvalue weighted by molar-refractivity contribution is 7.88. The van der Waals surface area contributed by atoms with Crippen molar-refractivity contribution in [1.82, 2.24) is 9.62 Å². The van der Waals surface area contributed by atoms with Crippen LogP contribution in [-0.4, -0.2) is 44.7 Å². The fraction of sp³-hybridized carbons (Fsp3) is 1.00. The quantitative estimate of drug-likeness (QED) is 0.788. The zero-order valence-electron chi connectivity index (χ0n) is 11.3. The van der Waals surface area contributed by atoms with Crippen molar-refractivity contribution in [2.75, 3.05) is 25.9 Å². The van der Waals surface area contributed by atoms with E-state index in [9.17, 15) is 8.42 Å². The molecule has 0 bridgehead atoms. The third-order valence-electron chi connectivity index (χ3n) is 3.46. The Labute approximate surface area is 106 Å². The lowest BCUT2D eigenvalue weighted by Crippen LogP contribution is -2.45. The van der Waals surface area contributed by atoms with Gasteiger partial charge in [-0.25, -0.2) is 12.7 Å². The predicted molar refractivity (Wildman–Crippen MR) is 71.5 cm³/mol. The van der Waals surface area contributed by atoms with Crippen LogP contribution in [0, 0.1) is 5.92 Å². The number of piperidine rings is 1. The molecule has 1 atom stereocenters. The predicted octanol–water partition coefficient (Wildman–Crippen LogP) is 1.44. The van der Waals surface area contributed by atoms with Crippen molar-refractivity contribution >= 4 is 10.0 Å². The minimum Gasteiger partial charge on any atom is -0.314 e. The summed E-state index contributed by atoms with van der Waals surface area (Å²) in [5.41, 5.74) is 0. The van der Waals surface area contributed by atoms with Crippen LogP contribution in [0.15, 0.2) is 0 Å². The summed E-state index contributed by atoms with van der Waals surface area (Å²) in [4.78, 5) is 0. The minimum atomic E-state index is -2.98. The van der Waals surface area contributed by atoms with E-state index in [-0.39, 0.29) is 0 Å². The lowest BCUT2D eigenvalue weighted by molar-refractivity contribution is 0.281. The molecule has 1 unspecified atom stereocenters. The molecule has 1 heterocycles. The molecule has 0 radical (unpaired) electrons. The van der Waals surface area contributed by atoms with Crippen LogP contribution >= 0.6 is 0 Å². The van der Waals surface area contributed by atoms with Crippen LogP contribution in [0.1, 0.15) is 39.5 Å². The third-order valence-corrected chi connectivity index (χ3v) is 4.76. The fourth-order valence-corrected chi connectivity index (χ4v) is 3.23. The molecule has 1 N–H and O–H groups in total. The molecule has 0 aliphatic carbocycles. The number of rotatable bonds is 6. The van der Waals surface area contributed by atoms with Crippen molar-refractivity contribution in [1.29, 1.82) is 0 Å². The second kappa shape index (κ2) is 6.71. The molecule has 0 spiro atoms. The van der Waals surface area contributed by atoms with E-state index in [1.54, 1.807) is 4.31 Å². The van der Waals surface area contributed by atoms with Gasteiger partial charge in [0.15, 0.2) is 0 Å². The maximum Gasteiger partial charge on any atom is 0.211 e. The van der Waals surface area contributed by atoms with Gasteiger partial charge in [-0.1, -0.05) is 20.3 Å². The zero-order chi connectivity index (χ0) is 12.9. The monoisotopic (exact) mass is 262 g/mol. The second-order valence-corrected chi connectivity index (χ2v) is 7.22. The summed E-state index contributed by atoms with van der Waals surface area (Å²) < 4.78 is 24.3. The van der Waals surface area contributed by atoms with E-state index in [2.05, 4.69) is 19.2 Å². The highest BCUT2D eigenvalue weighted by Gasteiger charge is 2.24. The molecule has 102 valence electrons. The number of sulfonamides is 1. The van der Waals surface area contributed by atoms with Gasteiger partial charge in [0.2, 0.25) is 10.0 Å². The van der Waals surface area contributed by atoms with Crippen molar-refractivity contribution < 1.29 is 8.42 Å². The summed E-state index contributed by atoms with van der Waals surface area (Å²) >= 11 is 0. The van der Waals surface area contributed by atoms with Gasteiger partial charge in [-0.15, -0.1) is 0 Å². The fourth-order valence-electron chi connectivity index (χ4n) is 2.35. The van der Waals surface area contributed by atoms with Crippen molar-refractivity contribution in [2.45, 2.75) is 45.6 Å². The first-order chi connectivity index (χ1) is 7.93. The van der Waals surface area contributed by atoms with E-state index in [1.807, 2.05) is 0 Å². The molecule has 1 aliphatic heterocycles. The van der Waals surface area contributed by atoms with Crippen molar-refractivity contribution in [3.05, 3.63) is 0 Å². The largest absolute Gasteiger partial charge is 0.314 e. The van der Waals surface area contributed by atoms with Gasteiger partial charge in [0.25, 0.3) is 0 Å². The van der Waals surface area contributed by atoms with Crippen LogP contribution in [0.25, 0.3) is 0 Å². The van der Waals surface area contributed by atoms with Crippen molar-refractivity contribution in [3.8, 4) is 0 Å². The van der Waals surface area contributed by atoms with E-state index >= 15 is 0 Å². The molecule has 5 heteroatoms. The Kier molecular flexibility index (Phi) is 5.89. The van der Waals surface area contributed by atoms with E-state index in [0.29, 0.717) is 25.0 Å². The Morgan fingerprint density at radius 3 is 2.41 bits per heavy atom. The summed E-state index contributed by atoms with van der Waals surface area (Å²) in [7, 11) is -2.98. The van der Waals surface area contributed by atoms with Crippen LogP contribution in [0.3, 0.4) is 0 Å². The van der Waals surface area contributed by atoms with Crippen LogP contribution in [0.4, 0.5) is 0 Å². The third kappa shape index (κ3) is 5.36. The smallest absolute Gasteiger partial charge is 0.211 e. The van der Waals surface area contributed by atoms with Gasteiger partial charge >= 0.3 is 0 Å². The Bertz CT molecular complexity index is 308. The molecule has 17 heavy (non-hydrogen) atoms. The van der Waals surface area contributed by atoms with E-state index in [0.717, 1.165) is 19.4 Å². The maximum absolute atomic E-state index is 11.3. The van der Waals surface area contributed by atoms with Gasteiger partial charge in [-0.05, 0) is 31.7 Å². The summed E-state index contributed by atoms with van der Waals surface area (Å²) in [6.45, 7) is 6.86. The van der Waals surface area contributed by atoms with Gasteiger partial charge in [0, 0.05) is 19.1 Å². The lowest BCUT2D eigenvalue weighted by atomic mass is 10.0. The first kappa shape index (κ1) is 14.9. The molecular weight excluding hydrogens is 236 g/mol. The van der Waals surface area contributed by atoms with Crippen molar-refractivity contribution in [3.63, 3.8) is 0 Å². The van der Waals surface area contributed by atoms with Gasteiger partial charge in [-0.3, -0.25) is 0 Å². The standard InChI is InChI=1S/C12H26N2O2S/c1-4-5-11(2)10-13-12-6-8-14(9-7-12)17(3,15)16/h11-13H,4-10H2,1-3H3. The molecule has 1 rings (SSSR count). The van der Waals surface area contributed by atoms with E-state index < -0.39 is 10.0 Å². The van der Waals surface area contributed by atoms with E-state index in [4.69, 9.17) is 0 Å². The number of hydrogen-bond donors (Lipinski definition) is 1. The molecule has 0 aromatic rings. The molecule has 4 nitrogen and oxygen atoms in total. The highest BCUT2D eigenvalue weighted by Crippen LogP contribution is 2.14. The summed E-state index contributed by atoms with van der Waals surface area (Å²) in [6.07, 6.45) is 5.66. The first-order valence-corrected chi connectivity index (χ1v) is 8.46. The average Bonchev–Trinajstić information content (AvgIpc) is 2.26.